The van der Waals surface area contributed by atoms with Gasteiger partial charge in [0.05, 0.1) is 27.2 Å². The van der Waals surface area contributed by atoms with E-state index in [4.69, 9.17) is 13.3 Å². The molecule has 0 aromatic heterocycles. The fourth-order valence-electron chi connectivity index (χ4n) is 1.77. The van der Waals surface area contributed by atoms with E-state index >= 15 is 0 Å². The summed E-state index contributed by atoms with van der Waals surface area (Å²) >= 11 is 0. The van der Waals surface area contributed by atoms with Crippen LogP contribution in [0.3, 0.4) is 0 Å². The van der Waals surface area contributed by atoms with Crippen molar-refractivity contribution in [3.63, 3.8) is 0 Å². The maximum atomic E-state index is 5.40. The Balaban J connectivity index is 3.77. The van der Waals surface area contributed by atoms with Gasteiger partial charge >= 0.3 is 8.80 Å². The highest BCUT2D eigenvalue weighted by Gasteiger charge is 2.36. The molecule has 0 saturated heterocycles. The summed E-state index contributed by atoms with van der Waals surface area (Å²) in [6.07, 6.45) is 3.58. The van der Waals surface area contributed by atoms with Gasteiger partial charge in [0.2, 0.25) is 0 Å². The zero-order valence-corrected chi connectivity index (χ0v) is 13.4. The molecule has 104 valence electrons. The molecule has 0 aliphatic carbocycles. The molecule has 5 heteroatoms. The zero-order chi connectivity index (χ0) is 13.4. The van der Waals surface area contributed by atoms with E-state index in [-0.39, 0.29) is 0 Å². The van der Waals surface area contributed by atoms with E-state index < -0.39 is 8.80 Å². The Morgan fingerprint density at radius 2 is 1.41 bits per heavy atom. The van der Waals surface area contributed by atoms with Gasteiger partial charge in [-0.3, -0.25) is 0 Å². The van der Waals surface area contributed by atoms with E-state index in [0.717, 1.165) is 16.9 Å². The second-order valence-electron chi connectivity index (χ2n) is 5.08. The SMILES string of the molecule is CC[N+](C)(C)CCCCC[Si](OC)(OC)OC. The Labute approximate surface area is 108 Å². The van der Waals surface area contributed by atoms with Crippen molar-refractivity contribution in [1.29, 1.82) is 0 Å². The van der Waals surface area contributed by atoms with E-state index in [1.807, 2.05) is 0 Å². The van der Waals surface area contributed by atoms with E-state index in [2.05, 4.69) is 21.0 Å². The fourth-order valence-corrected chi connectivity index (χ4v) is 3.57. The maximum absolute atomic E-state index is 5.40. The van der Waals surface area contributed by atoms with Crippen LogP contribution in [0.25, 0.3) is 0 Å². The van der Waals surface area contributed by atoms with Crippen molar-refractivity contribution >= 4 is 8.80 Å². The predicted octanol–water partition coefficient (Wildman–Crippen LogP) is 2.13. The molecular weight excluding hydrogens is 234 g/mol. The molecule has 0 N–H and O–H groups in total. The molecule has 0 atom stereocenters. The van der Waals surface area contributed by atoms with Crippen LogP contribution in [0.5, 0.6) is 0 Å². The molecule has 0 bridgehead atoms. The lowest BCUT2D eigenvalue weighted by Gasteiger charge is -2.28. The maximum Gasteiger partial charge on any atom is 0.500 e. The van der Waals surface area contributed by atoms with Crippen LogP contribution in [-0.2, 0) is 13.3 Å². The molecule has 0 aromatic carbocycles. The quantitative estimate of drug-likeness (QED) is 0.344. The number of unbranched alkanes of at least 4 members (excludes halogenated alkanes) is 2. The van der Waals surface area contributed by atoms with Crippen molar-refractivity contribution in [3.05, 3.63) is 0 Å². The first-order valence-corrected chi connectivity index (χ1v) is 8.36. The summed E-state index contributed by atoms with van der Waals surface area (Å²) in [5.41, 5.74) is 0. The van der Waals surface area contributed by atoms with Crippen LogP contribution in [-0.4, -0.2) is 61.8 Å². The number of rotatable bonds is 10. The number of hydrogen-bond donors (Lipinski definition) is 0. The van der Waals surface area contributed by atoms with Gasteiger partial charge in [-0.25, -0.2) is 0 Å². The van der Waals surface area contributed by atoms with Gasteiger partial charge in [0, 0.05) is 27.4 Å². The van der Waals surface area contributed by atoms with Gasteiger partial charge in [-0.05, 0) is 26.2 Å². The first-order valence-electron chi connectivity index (χ1n) is 6.42. The summed E-state index contributed by atoms with van der Waals surface area (Å²) in [6.45, 7) is 4.66. The zero-order valence-electron chi connectivity index (χ0n) is 12.4. The van der Waals surface area contributed by atoms with E-state index in [1.165, 1.54) is 25.9 Å². The molecule has 0 heterocycles. The first kappa shape index (κ1) is 17.1. The Morgan fingerprint density at radius 3 is 1.82 bits per heavy atom. The van der Waals surface area contributed by atoms with Gasteiger partial charge in [0.25, 0.3) is 0 Å². The lowest BCUT2D eigenvalue weighted by molar-refractivity contribution is -0.888. The monoisotopic (exact) mass is 264 g/mol. The number of hydrogen-bond acceptors (Lipinski definition) is 3. The third-order valence-electron chi connectivity index (χ3n) is 3.54. The van der Waals surface area contributed by atoms with Crippen molar-refractivity contribution in [2.45, 2.75) is 32.2 Å². The van der Waals surface area contributed by atoms with Crippen LogP contribution in [0.2, 0.25) is 6.04 Å². The molecule has 0 aromatic rings. The van der Waals surface area contributed by atoms with Gasteiger partial charge in [-0.15, -0.1) is 0 Å². The highest BCUT2D eigenvalue weighted by molar-refractivity contribution is 6.60. The largest absolute Gasteiger partial charge is 0.500 e. The Bertz CT molecular complexity index is 188. The Kier molecular flexibility index (Phi) is 8.24. The van der Waals surface area contributed by atoms with Gasteiger partial charge in [-0.2, -0.15) is 0 Å². The van der Waals surface area contributed by atoms with E-state index in [9.17, 15) is 0 Å². The van der Waals surface area contributed by atoms with Crippen LogP contribution in [0.1, 0.15) is 26.2 Å². The van der Waals surface area contributed by atoms with Crippen molar-refractivity contribution in [2.75, 3.05) is 48.5 Å². The van der Waals surface area contributed by atoms with E-state index in [0.29, 0.717) is 0 Å². The summed E-state index contributed by atoms with van der Waals surface area (Å²) < 4.78 is 17.3. The average Bonchev–Trinajstić information content (AvgIpc) is 2.34. The highest BCUT2D eigenvalue weighted by Crippen LogP contribution is 2.17. The van der Waals surface area contributed by atoms with Crippen molar-refractivity contribution < 1.29 is 17.8 Å². The Hall–Kier alpha value is 0.0569. The minimum atomic E-state index is -2.33. The molecule has 0 spiro atoms. The smallest absolute Gasteiger partial charge is 0.377 e. The minimum absolute atomic E-state index is 0.913. The summed E-state index contributed by atoms with van der Waals surface area (Å²) in [7, 11) is 7.26. The number of nitrogens with zero attached hydrogens (tertiary/aromatic N) is 1. The lowest BCUT2D eigenvalue weighted by atomic mass is 10.2. The van der Waals surface area contributed by atoms with Gasteiger partial charge in [-0.1, -0.05) is 0 Å². The molecule has 0 fully saturated rings. The molecule has 0 rings (SSSR count). The first-order chi connectivity index (χ1) is 7.95. The fraction of sp³-hybridized carbons (Fsp3) is 1.00. The second-order valence-corrected chi connectivity index (χ2v) is 8.17. The topological polar surface area (TPSA) is 27.7 Å². The highest BCUT2D eigenvalue weighted by atomic mass is 28.4. The second kappa shape index (κ2) is 8.21. The van der Waals surface area contributed by atoms with E-state index in [1.54, 1.807) is 21.3 Å². The molecular formula is C12H30NO3Si+. The molecule has 4 nitrogen and oxygen atoms in total. The average molecular weight is 264 g/mol. The Morgan fingerprint density at radius 1 is 0.882 bits per heavy atom. The molecule has 0 amide bonds. The van der Waals surface area contributed by atoms with Crippen LogP contribution in [0.4, 0.5) is 0 Å². The minimum Gasteiger partial charge on any atom is -0.377 e. The predicted molar refractivity (Wildman–Crippen MR) is 73.0 cm³/mol. The molecule has 0 radical (unpaired) electrons. The van der Waals surface area contributed by atoms with Gasteiger partial charge in [0.1, 0.15) is 0 Å². The van der Waals surface area contributed by atoms with Crippen molar-refractivity contribution in [1.82, 2.24) is 0 Å². The summed E-state index contributed by atoms with van der Waals surface area (Å²) in [5, 5.41) is 0. The van der Waals surface area contributed by atoms with Crippen LogP contribution < -0.4 is 0 Å². The standard InChI is InChI=1S/C12H30NO3Si/c1-7-13(2,3)11-9-8-10-12-17(14-4,15-5)16-6/h7-12H2,1-6H3/q+1. The van der Waals surface area contributed by atoms with Crippen LogP contribution in [0, 0.1) is 0 Å². The molecule has 0 aliphatic heterocycles. The molecule has 0 unspecified atom stereocenters. The van der Waals surface area contributed by atoms with Crippen LogP contribution >= 0.6 is 0 Å². The summed E-state index contributed by atoms with van der Waals surface area (Å²) in [4.78, 5) is 0. The third kappa shape index (κ3) is 6.52. The van der Waals surface area contributed by atoms with Gasteiger partial charge < -0.3 is 17.8 Å². The van der Waals surface area contributed by atoms with Crippen molar-refractivity contribution in [2.24, 2.45) is 0 Å². The normalized spacial score (nSPS) is 13.1. The lowest BCUT2D eigenvalue weighted by Crippen LogP contribution is -2.42. The summed E-state index contributed by atoms with van der Waals surface area (Å²) in [5.74, 6) is 0. The van der Waals surface area contributed by atoms with Crippen molar-refractivity contribution in [3.8, 4) is 0 Å². The molecule has 17 heavy (non-hydrogen) atoms. The third-order valence-corrected chi connectivity index (χ3v) is 6.37. The summed E-state index contributed by atoms with van der Waals surface area (Å²) in [6, 6.07) is 0.913. The van der Waals surface area contributed by atoms with Crippen LogP contribution in [0.15, 0.2) is 0 Å². The molecule has 0 saturated carbocycles. The molecule has 0 aliphatic rings. The van der Waals surface area contributed by atoms with Gasteiger partial charge in [0.15, 0.2) is 0 Å². The number of quaternary nitrogens is 1.